The van der Waals surface area contributed by atoms with Gasteiger partial charge < -0.3 is 11.5 Å². The Morgan fingerprint density at radius 2 is 0.857 bits per heavy atom. The molecule has 0 aliphatic carbocycles. The number of aromatic nitrogens is 2. The Balaban J connectivity index is 1.43. The largest absolute Gasteiger partial charge is 0.398 e. The van der Waals surface area contributed by atoms with E-state index < -0.39 is 0 Å². The lowest BCUT2D eigenvalue weighted by atomic mass is 10.1. The summed E-state index contributed by atoms with van der Waals surface area (Å²) in [5.41, 5.74) is 13.1. The topological polar surface area (TPSA) is 59.8 Å². The zero-order valence-electron chi connectivity index (χ0n) is 16.6. The number of nitrogens with zero attached hydrogens (tertiary/aromatic N) is 2. The maximum Gasteiger partial charge on any atom is 0.211 e. The van der Waals surface area contributed by atoms with Crippen molar-refractivity contribution in [3.05, 3.63) is 49.1 Å². The van der Waals surface area contributed by atoms with Crippen LogP contribution in [0.4, 0.5) is 11.4 Å². The van der Waals surface area contributed by atoms with Crippen LogP contribution in [0, 0.1) is 0 Å². The molecule has 6 heteroatoms. The summed E-state index contributed by atoms with van der Waals surface area (Å²) < 4.78 is 4.35. The van der Waals surface area contributed by atoms with Gasteiger partial charge >= 0.3 is 0 Å². The van der Waals surface area contributed by atoms with Gasteiger partial charge in [0.05, 0.1) is 0 Å². The van der Waals surface area contributed by atoms with Crippen LogP contribution in [0.2, 0.25) is 0 Å². The van der Waals surface area contributed by atoms with Gasteiger partial charge in [0.2, 0.25) is 9.90 Å². The molecule has 0 bridgehead atoms. The van der Waals surface area contributed by atoms with Crippen molar-refractivity contribution in [3.8, 4) is 0 Å². The SMILES string of the molecule is Nc1cc[n+](C(Br)CCCCCCCCCCC(Br)[n+]2ccc(N)cc2)cc1. The van der Waals surface area contributed by atoms with Gasteiger partial charge in [-0.2, -0.15) is 9.13 Å². The lowest BCUT2D eigenvalue weighted by Crippen LogP contribution is -2.35. The number of hydrogen-bond acceptors (Lipinski definition) is 2. The molecular weight excluding hydrogens is 480 g/mol. The minimum absolute atomic E-state index is 0.365. The van der Waals surface area contributed by atoms with Crippen LogP contribution in [0.1, 0.15) is 74.1 Å². The van der Waals surface area contributed by atoms with Crippen molar-refractivity contribution in [2.24, 2.45) is 0 Å². The number of unbranched alkanes of at least 4 members (excludes halogenated alkanes) is 7. The van der Waals surface area contributed by atoms with Crippen molar-refractivity contribution in [1.29, 1.82) is 0 Å². The molecule has 154 valence electrons. The van der Waals surface area contributed by atoms with Gasteiger partial charge in [0.1, 0.15) is 0 Å². The summed E-state index contributed by atoms with van der Waals surface area (Å²) in [6.45, 7) is 0. The number of nitrogen functional groups attached to an aromatic ring is 2. The van der Waals surface area contributed by atoms with Crippen LogP contribution in [0.15, 0.2) is 49.1 Å². The van der Waals surface area contributed by atoms with Gasteiger partial charge in [-0.05, 0) is 44.7 Å². The van der Waals surface area contributed by atoms with Crippen LogP contribution in [-0.2, 0) is 0 Å². The van der Waals surface area contributed by atoms with Crippen molar-refractivity contribution < 1.29 is 9.13 Å². The molecule has 2 atom stereocenters. The number of nitrogens with two attached hydrogens (primary N) is 2. The smallest absolute Gasteiger partial charge is 0.211 e. The first kappa shape index (κ1) is 23.1. The van der Waals surface area contributed by atoms with Gasteiger partial charge in [0, 0.05) is 48.5 Å². The quantitative estimate of drug-likeness (QED) is 0.201. The summed E-state index contributed by atoms with van der Waals surface area (Å²) in [5, 5.41) is 0. The Kier molecular flexibility index (Phi) is 10.9. The zero-order valence-corrected chi connectivity index (χ0v) is 19.8. The lowest BCUT2D eigenvalue weighted by Gasteiger charge is -2.07. The Morgan fingerprint density at radius 3 is 1.18 bits per heavy atom. The first-order valence-electron chi connectivity index (χ1n) is 10.4. The average molecular weight is 514 g/mol. The van der Waals surface area contributed by atoms with Gasteiger partial charge in [-0.25, -0.2) is 0 Å². The van der Waals surface area contributed by atoms with E-state index in [0.29, 0.717) is 9.90 Å². The third-order valence-electron chi connectivity index (χ3n) is 5.04. The highest BCUT2D eigenvalue weighted by Gasteiger charge is 2.14. The van der Waals surface area contributed by atoms with E-state index in [4.69, 9.17) is 11.5 Å². The summed E-state index contributed by atoms with van der Waals surface area (Å²) in [6.07, 6.45) is 21.0. The minimum Gasteiger partial charge on any atom is -0.398 e. The number of anilines is 2. The van der Waals surface area contributed by atoms with Crippen molar-refractivity contribution in [1.82, 2.24) is 0 Å². The number of alkyl halides is 2. The molecule has 2 heterocycles. The summed E-state index contributed by atoms with van der Waals surface area (Å²) >= 11 is 7.53. The summed E-state index contributed by atoms with van der Waals surface area (Å²) in [4.78, 5) is 0.730. The highest BCUT2D eigenvalue weighted by Crippen LogP contribution is 2.19. The number of pyridine rings is 2. The van der Waals surface area contributed by atoms with E-state index in [0.717, 1.165) is 24.2 Å². The molecule has 2 aromatic rings. The van der Waals surface area contributed by atoms with Crippen LogP contribution in [0.25, 0.3) is 0 Å². The molecule has 28 heavy (non-hydrogen) atoms. The number of halogens is 2. The first-order chi connectivity index (χ1) is 13.6. The number of hydrogen-bond donors (Lipinski definition) is 2. The average Bonchev–Trinajstić information content (AvgIpc) is 2.70. The highest BCUT2D eigenvalue weighted by atomic mass is 79.9. The van der Waals surface area contributed by atoms with Crippen molar-refractivity contribution in [2.45, 2.75) is 74.1 Å². The van der Waals surface area contributed by atoms with E-state index in [9.17, 15) is 0 Å². The van der Waals surface area contributed by atoms with Gasteiger partial charge in [0.15, 0.2) is 24.8 Å². The molecule has 0 spiro atoms. The molecule has 4 N–H and O–H groups in total. The molecule has 0 aromatic carbocycles. The molecule has 0 aliphatic heterocycles. The fourth-order valence-electron chi connectivity index (χ4n) is 3.26. The Bertz CT molecular complexity index is 602. The maximum absolute atomic E-state index is 5.74. The second-order valence-electron chi connectivity index (χ2n) is 7.43. The van der Waals surface area contributed by atoms with Crippen LogP contribution < -0.4 is 20.6 Å². The van der Waals surface area contributed by atoms with E-state index >= 15 is 0 Å². The van der Waals surface area contributed by atoms with Crippen LogP contribution >= 0.6 is 31.9 Å². The van der Waals surface area contributed by atoms with Crippen LogP contribution in [-0.4, -0.2) is 0 Å². The Hall–Kier alpha value is -1.14. The van der Waals surface area contributed by atoms with Crippen LogP contribution in [0.3, 0.4) is 0 Å². The lowest BCUT2D eigenvalue weighted by molar-refractivity contribution is -0.698. The summed E-state index contributed by atoms with van der Waals surface area (Å²) in [6, 6.07) is 7.78. The van der Waals surface area contributed by atoms with Crippen molar-refractivity contribution in [3.63, 3.8) is 0 Å². The molecule has 4 nitrogen and oxygen atoms in total. The van der Waals surface area contributed by atoms with Crippen molar-refractivity contribution >= 4 is 43.2 Å². The summed E-state index contributed by atoms with van der Waals surface area (Å²) in [7, 11) is 0. The molecule has 2 rings (SSSR count). The molecule has 2 unspecified atom stereocenters. The molecule has 0 aliphatic rings. The first-order valence-corrected chi connectivity index (χ1v) is 12.2. The third kappa shape index (κ3) is 8.91. The Labute approximate surface area is 186 Å². The molecular formula is C22H34Br2N4+2. The molecule has 0 fully saturated rings. The van der Waals surface area contributed by atoms with Gasteiger partial charge in [-0.3, -0.25) is 0 Å². The van der Waals surface area contributed by atoms with E-state index in [1.165, 1.54) is 51.4 Å². The van der Waals surface area contributed by atoms with Gasteiger partial charge in [0.25, 0.3) is 0 Å². The molecule has 0 amide bonds. The molecule has 0 radical (unpaired) electrons. The maximum atomic E-state index is 5.74. The van der Waals surface area contributed by atoms with Gasteiger partial charge in [-0.15, -0.1) is 0 Å². The zero-order chi connectivity index (χ0) is 20.2. The van der Waals surface area contributed by atoms with E-state index in [-0.39, 0.29) is 0 Å². The third-order valence-corrected chi connectivity index (χ3v) is 6.90. The monoisotopic (exact) mass is 512 g/mol. The fraction of sp³-hybridized carbons (Fsp3) is 0.545. The second-order valence-corrected chi connectivity index (χ2v) is 9.55. The highest BCUT2D eigenvalue weighted by molar-refractivity contribution is 9.09. The molecule has 2 aromatic heterocycles. The standard InChI is InChI=1S/C22H32Br2N4/c23-21(27-15-11-19(25)12-16-27)9-7-5-3-1-2-4-6-8-10-22(24)28-17-13-20(26)14-18-28/h11-18,21-22,25-26H,1-10H2/p+2. The number of rotatable bonds is 13. The molecule has 0 saturated heterocycles. The normalized spacial score (nSPS) is 13.4. The predicted octanol–water partition coefficient (Wildman–Crippen LogP) is 5.81. The summed E-state index contributed by atoms with van der Waals surface area (Å²) in [5.74, 6) is 0. The molecule has 0 saturated carbocycles. The van der Waals surface area contributed by atoms with E-state index in [2.05, 4.69) is 41.0 Å². The minimum atomic E-state index is 0.365. The van der Waals surface area contributed by atoms with Crippen LogP contribution in [0.5, 0.6) is 0 Å². The predicted molar refractivity (Wildman–Crippen MR) is 124 cm³/mol. The fourth-order valence-corrected chi connectivity index (χ4v) is 4.45. The van der Waals surface area contributed by atoms with E-state index in [1.807, 2.05) is 49.1 Å². The van der Waals surface area contributed by atoms with Crippen molar-refractivity contribution in [2.75, 3.05) is 11.5 Å². The van der Waals surface area contributed by atoms with Gasteiger partial charge in [-0.1, -0.05) is 38.5 Å². The second kappa shape index (κ2) is 13.2. The Morgan fingerprint density at radius 1 is 0.571 bits per heavy atom. The van der Waals surface area contributed by atoms with E-state index in [1.54, 1.807) is 0 Å².